The van der Waals surface area contributed by atoms with Crippen molar-refractivity contribution in [1.82, 2.24) is 5.32 Å². The molecule has 1 aromatic rings. The van der Waals surface area contributed by atoms with E-state index in [2.05, 4.69) is 10.1 Å². The van der Waals surface area contributed by atoms with E-state index < -0.39 is 24.8 Å². The fraction of sp³-hybridized carbons (Fsp3) is 0.545. The minimum Gasteiger partial charge on any atom is -0.359 e. The van der Waals surface area contributed by atoms with E-state index in [1.165, 1.54) is 18.3 Å². The molecule has 0 aliphatic carbocycles. The smallest absolute Gasteiger partial charge is 0.359 e. The Balaban J connectivity index is 2.40. The molecule has 7 heteroatoms. The second-order valence-corrected chi connectivity index (χ2v) is 4.79. The lowest BCUT2D eigenvalue weighted by molar-refractivity contribution is -0.185. The van der Waals surface area contributed by atoms with Gasteiger partial charge in [-0.2, -0.15) is 13.2 Å². The number of halogens is 3. The first-order valence-corrected chi connectivity index (χ1v) is 6.19. The van der Waals surface area contributed by atoms with Crippen molar-refractivity contribution in [3.05, 3.63) is 22.4 Å². The summed E-state index contributed by atoms with van der Waals surface area (Å²) in [5.74, 6) is -0.555. The molecule has 1 rings (SSSR count). The highest BCUT2D eigenvalue weighted by Crippen LogP contribution is 2.19. The molecular weight excluding hydrogens is 267 g/mol. The molecule has 18 heavy (non-hydrogen) atoms. The first-order valence-electron chi connectivity index (χ1n) is 5.31. The Bertz CT molecular complexity index is 378. The highest BCUT2D eigenvalue weighted by Gasteiger charge is 2.30. The van der Waals surface area contributed by atoms with E-state index in [9.17, 15) is 18.0 Å². The summed E-state index contributed by atoms with van der Waals surface area (Å²) < 4.78 is 40.2. The number of carbonyl (C=O) groups is 1. The van der Waals surface area contributed by atoms with Gasteiger partial charge < -0.3 is 10.1 Å². The summed E-state index contributed by atoms with van der Waals surface area (Å²) in [5, 5.41) is 4.46. The van der Waals surface area contributed by atoms with Crippen molar-refractivity contribution < 1.29 is 22.7 Å². The number of hydrogen-bond acceptors (Lipinski definition) is 3. The molecule has 0 fully saturated rings. The Labute approximate surface area is 107 Å². The molecule has 1 aromatic heterocycles. The van der Waals surface area contributed by atoms with Crippen LogP contribution in [0.5, 0.6) is 0 Å². The second-order valence-electron chi connectivity index (χ2n) is 3.81. The van der Waals surface area contributed by atoms with Crippen LogP contribution in [-0.2, 0) is 9.53 Å². The summed E-state index contributed by atoms with van der Waals surface area (Å²) in [6, 6.07) is 3.44. The van der Waals surface area contributed by atoms with Crippen LogP contribution in [0, 0.1) is 0 Å². The van der Waals surface area contributed by atoms with Crippen LogP contribution in [0.3, 0.4) is 0 Å². The van der Waals surface area contributed by atoms with Crippen LogP contribution in [0.25, 0.3) is 0 Å². The van der Waals surface area contributed by atoms with Crippen molar-refractivity contribution in [2.45, 2.75) is 32.2 Å². The molecule has 0 aliphatic rings. The van der Waals surface area contributed by atoms with Gasteiger partial charge in [-0.3, -0.25) is 4.79 Å². The molecule has 2 atom stereocenters. The van der Waals surface area contributed by atoms with E-state index in [0.717, 1.165) is 4.88 Å². The number of amides is 1. The Morgan fingerprint density at radius 2 is 2.17 bits per heavy atom. The number of nitrogens with one attached hydrogen (secondary N) is 1. The average molecular weight is 281 g/mol. The van der Waals surface area contributed by atoms with E-state index in [1.807, 2.05) is 17.5 Å². The zero-order chi connectivity index (χ0) is 13.8. The van der Waals surface area contributed by atoms with Gasteiger partial charge in [0.1, 0.15) is 12.7 Å². The third-order valence-electron chi connectivity index (χ3n) is 2.19. The molecule has 0 unspecified atom stereocenters. The highest BCUT2D eigenvalue weighted by molar-refractivity contribution is 7.10. The molecule has 1 amide bonds. The van der Waals surface area contributed by atoms with Gasteiger partial charge in [-0.15, -0.1) is 11.3 Å². The zero-order valence-corrected chi connectivity index (χ0v) is 10.8. The van der Waals surface area contributed by atoms with Gasteiger partial charge in [0.25, 0.3) is 0 Å². The van der Waals surface area contributed by atoms with Crippen molar-refractivity contribution in [1.29, 1.82) is 0 Å². The van der Waals surface area contributed by atoms with Crippen LogP contribution in [0.15, 0.2) is 17.5 Å². The molecule has 0 aliphatic heterocycles. The van der Waals surface area contributed by atoms with E-state index in [0.29, 0.717) is 0 Å². The second kappa shape index (κ2) is 6.19. The van der Waals surface area contributed by atoms with E-state index in [-0.39, 0.29) is 6.04 Å². The molecule has 3 nitrogen and oxygen atoms in total. The molecule has 0 spiro atoms. The van der Waals surface area contributed by atoms with Crippen molar-refractivity contribution in [3.8, 4) is 0 Å². The van der Waals surface area contributed by atoms with Crippen LogP contribution >= 0.6 is 11.3 Å². The third-order valence-corrected chi connectivity index (χ3v) is 3.25. The van der Waals surface area contributed by atoms with E-state index in [1.54, 1.807) is 6.92 Å². The molecule has 102 valence electrons. The van der Waals surface area contributed by atoms with Gasteiger partial charge in [0.2, 0.25) is 5.91 Å². The summed E-state index contributed by atoms with van der Waals surface area (Å²) >= 11 is 1.47. The van der Waals surface area contributed by atoms with Gasteiger partial charge in [0.05, 0.1) is 6.04 Å². The first kappa shape index (κ1) is 15.0. The Kier molecular flexibility index (Phi) is 5.15. The maximum absolute atomic E-state index is 11.9. The molecule has 0 aromatic carbocycles. The summed E-state index contributed by atoms with van der Waals surface area (Å²) in [6.45, 7) is 1.64. The van der Waals surface area contributed by atoms with Gasteiger partial charge in [-0.25, -0.2) is 0 Å². The van der Waals surface area contributed by atoms with Crippen molar-refractivity contribution >= 4 is 17.2 Å². The quantitative estimate of drug-likeness (QED) is 0.901. The monoisotopic (exact) mass is 281 g/mol. The third kappa shape index (κ3) is 5.05. The lowest BCUT2D eigenvalue weighted by atomic mass is 10.2. The number of rotatable bonds is 5. The fourth-order valence-corrected chi connectivity index (χ4v) is 1.97. The van der Waals surface area contributed by atoms with Gasteiger partial charge >= 0.3 is 6.18 Å². The predicted octanol–water partition coefficient (Wildman–Crippen LogP) is 2.89. The number of carbonyl (C=O) groups excluding carboxylic acids is 1. The summed E-state index contributed by atoms with van der Waals surface area (Å²) in [4.78, 5) is 12.5. The zero-order valence-electron chi connectivity index (χ0n) is 9.95. The molecular formula is C11H14F3NO2S. The number of thiophene rings is 1. The van der Waals surface area contributed by atoms with Gasteiger partial charge in [0, 0.05) is 4.88 Å². The number of ether oxygens (including phenoxy) is 1. The summed E-state index contributed by atoms with van der Waals surface area (Å²) in [5.41, 5.74) is 0. The first-order chi connectivity index (χ1) is 8.29. The summed E-state index contributed by atoms with van der Waals surface area (Å²) in [6.07, 6.45) is -5.55. The van der Waals surface area contributed by atoms with Gasteiger partial charge in [-0.05, 0) is 25.3 Å². The predicted molar refractivity (Wildman–Crippen MR) is 62.3 cm³/mol. The minimum absolute atomic E-state index is 0.241. The number of hydrogen-bond donors (Lipinski definition) is 1. The van der Waals surface area contributed by atoms with Crippen LogP contribution in [0.2, 0.25) is 0 Å². The van der Waals surface area contributed by atoms with Crippen molar-refractivity contribution in [2.24, 2.45) is 0 Å². The SMILES string of the molecule is C[C@H](OCC(F)(F)F)C(=O)N[C@@H](C)c1cccs1. The molecule has 0 radical (unpaired) electrons. The molecule has 1 heterocycles. The van der Waals surface area contributed by atoms with E-state index >= 15 is 0 Å². The standard InChI is InChI=1S/C11H14F3NO2S/c1-7(9-4-3-5-18-9)15-10(16)8(2)17-6-11(12,13)14/h3-5,7-8H,6H2,1-2H3,(H,15,16)/t7-,8-/m0/s1. The van der Waals surface area contributed by atoms with E-state index in [4.69, 9.17) is 0 Å². The normalized spacial score (nSPS) is 15.2. The largest absolute Gasteiger partial charge is 0.411 e. The molecule has 1 N–H and O–H groups in total. The average Bonchev–Trinajstić information content (AvgIpc) is 2.77. The molecule has 0 saturated carbocycles. The lowest BCUT2D eigenvalue weighted by Gasteiger charge is -2.17. The Hall–Kier alpha value is -1.08. The Morgan fingerprint density at radius 1 is 1.50 bits per heavy atom. The van der Waals surface area contributed by atoms with Crippen molar-refractivity contribution in [2.75, 3.05) is 6.61 Å². The number of alkyl halides is 3. The van der Waals surface area contributed by atoms with Crippen molar-refractivity contribution in [3.63, 3.8) is 0 Å². The molecule has 0 bridgehead atoms. The van der Waals surface area contributed by atoms with Gasteiger partial charge in [-0.1, -0.05) is 6.07 Å². The molecule has 0 saturated heterocycles. The summed E-state index contributed by atoms with van der Waals surface area (Å²) in [7, 11) is 0. The van der Waals surface area contributed by atoms with Crippen LogP contribution in [0.1, 0.15) is 24.8 Å². The van der Waals surface area contributed by atoms with Crippen LogP contribution in [0.4, 0.5) is 13.2 Å². The minimum atomic E-state index is -4.42. The maximum atomic E-state index is 11.9. The van der Waals surface area contributed by atoms with Crippen LogP contribution in [-0.4, -0.2) is 24.8 Å². The lowest BCUT2D eigenvalue weighted by Crippen LogP contribution is -2.37. The topological polar surface area (TPSA) is 38.3 Å². The van der Waals surface area contributed by atoms with Crippen LogP contribution < -0.4 is 5.32 Å². The van der Waals surface area contributed by atoms with Gasteiger partial charge in [0.15, 0.2) is 0 Å². The maximum Gasteiger partial charge on any atom is 0.411 e. The fourth-order valence-electron chi connectivity index (χ4n) is 1.23. The highest BCUT2D eigenvalue weighted by atomic mass is 32.1. The Morgan fingerprint density at radius 3 is 2.67 bits per heavy atom.